The number of aryl methyl sites for hydroxylation is 1. The predicted octanol–water partition coefficient (Wildman–Crippen LogP) is 3.63. The third-order valence-electron chi connectivity index (χ3n) is 4.15. The van der Waals surface area contributed by atoms with Crippen LogP contribution in [0, 0.1) is 5.92 Å². The van der Waals surface area contributed by atoms with Crippen molar-refractivity contribution in [2.45, 2.75) is 51.6 Å². The van der Waals surface area contributed by atoms with Gasteiger partial charge in [0.25, 0.3) is 0 Å². The molecule has 2 rings (SSSR count). The van der Waals surface area contributed by atoms with Gasteiger partial charge < -0.3 is 10.2 Å². The number of hydrogen-bond donors (Lipinski definition) is 1. The summed E-state index contributed by atoms with van der Waals surface area (Å²) in [6, 6.07) is 10.1. The van der Waals surface area contributed by atoms with Gasteiger partial charge >= 0.3 is 0 Å². The Morgan fingerprint density at radius 3 is 2.70 bits per heavy atom. The zero-order valence-corrected chi connectivity index (χ0v) is 13.5. The van der Waals surface area contributed by atoms with Gasteiger partial charge in [0.1, 0.15) is 0 Å². The molecule has 1 N–H and O–H groups in total. The summed E-state index contributed by atoms with van der Waals surface area (Å²) in [5.41, 5.74) is 3.08. The molecule has 2 nitrogen and oxygen atoms in total. The lowest BCUT2D eigenvalue weighted by Crippen LogP contribution is -2.42. The standard InChI is InChI=1S/C18H30N2/c1-14(2)12-16(13-20(3)4)19-18-11-7-9-15-8-5-6-10-17(15)18/h5-6,8,10,14,16,18-19H,7,9,11-13H2,1-4H3. The Labute approximate surface area is 124 Å². The smallest absolute Gasteiger partial charge is 0.0326 e. The van der Waals surface area contributed by atoms with Crippen LogP contribution in [-0.4, -0.2) is 31.6 Å². The van der Waals surface area contributed by atoms with Crippen LogP contribution in [-0.2, 0) is 6.42 Å². The third-order valence-corrected chi connectivity index (χ3v) is 4.15. The third kappa shape index (κ3) is 4.32. The maximum atomic E-state index is 3.93. The predicted molar refractivity (Wildman–Crippen MR) is 87.1 cm³/mol. The molecule has 0 saturated carbocycles. The van der Waals surface area contributed by atoms with Crippen molar-refractivity contribution in [1.82, 2.24) is 10.2 Å². The maximum Gasteiger partial charge on any atom is 0.0326 e. The molecule has 2 heteroatoms. The maximum absolute atomic E-state index is 3.93. The lowest BCUT2D eigenvalue weighted by molar-refractivity contribution is 0.277. The van der Waals surface area contributed by atoms with Crippen LogP contribution < -0.4 is 5.32 Å². The number of rotatable bonds is 6. The lowest BCUT2D eigenvalue weighted by atomic mass is 9.87. The molecule has 0 fully saturated rings. The summed E-state index contributed by atoms with van der Waals surface area (Å²) in [7, 11) is 4.34. The minimum Gasteiger partial charge on any atom is -0.308 e. The topological polar surface area (TPSA) is 15.3 Å². The highest BCUT2D eigenvalue weighted by molar-refractivity contribution is 5.32. The van der Waals surface area contributed by atoms with Crippen molar-refractivity contribution < 1.29 is 0 Å². The Morgan fingerprint density at radius 1 is 1.25 bits per heavy atom. The number of hydrogen-bond acceptors (Lipinski definition) is 2. The Kier molecular flexibility index (Phi) is 5.62. The van der Waals surface area contributed by atoms with E-state index in [1.165, 1.54) is 31.2 Å². The largest absolute Gasteiger partial charge is 0.308 e. The van der Waals surface area contributed by atoms with E-state index in [1.54, 1.807) is 5.56 Å². The van der Waals surface area contributed by atoms with Gasteiger partial charge in [-0.3, -0.25) is 0 Å². The lowest BCUT2D eigenvalue weighted by Gasteiger charge is -2.32. The van der Waals surface area contributed by atoms with Crippen LogP contribution in [0.2, 0.25) is 0 Å². The van der Waals surface area contributed by atoms with Gasteiger partial charge in [-0.1, -0.05) is 38.1 Å². The van der Waals surface area contributed by atoms with Crippen molar-refractivity contribution in [3.05, 3.63) is 35.4 Å². The van der Waals surface area contributed by atoms with E-state index in [2.05, 4.69) is 62.4 Å². The van der Waals surface area contributed by atoms with Gasteiger partial charge in [-0.15, -0.1) is 0 Å². The van der Waals surface area contributed by atoms with Gasteiger partial charge in [0.15, 0.2) is 0 Å². The van der Waals surface area contributed by atoms with E-state index in [4.69, 9.17) is 0 Å². The zero-order valence-electron chi connectivity index (χ0n) is 13.5. The molecule has 0 radical (unpaired) electrons. The molecule has 112 valence electrons. The highest BCUT2D eigenvalue weighted by atomic mass is 15.1. The summed E-state index contributed by atoms with van der Waals surface area (Å²) in [6.07, 6.45) is 5.08. The minimum atomic E-state index is 0.545. The molecule has 0 aliphatic heterocycles. The zero-order chi connectivity index (χ0) is 14.5. The van der Waals surface area contributed by atoms with Gasteiger partial charge in [0, 0.05) is 18.6 Å². The fourth-order valence-corrected chi connectivity index (χ4v) is 3.42. The second-order valence-electron chi connectivity index (χ2n) is 6.90. The highest BCUT2D eigenvalue weighted by Gasteiger charge is 2.23. The fourth-order valence-electron chi connectivity index (χ4n) is 3.42. The van der Waals surface area contributed by atoms with Gasteiger partial charge in [-0.2, -0.15) is 0 Å². The van der Waals surface area contributed by atoms with Crippen LogP contribution in [0.1, 0.15) is 50.3 Å². The first-order valence-electron chi connectivity index (χ1n) is 8.05. The molecule has 0 aromatic heterocycles. The summed E-state index contributed by atoms with van der Waals surface area (Å²) in [6.45, 7) is 5.76. The van der Waals surface area contributed by atoms with Crippen LogP contribution in [0.4, 0.5) is 0 Å². The van der Waals surface area contributed by atoms with E-state index in [9.17, 15) is 0 Å². The number of fused-ring (bicyclic) bond motifs is 1. The molecule has 20 heavy (non-hydrogen) atoms. The normalized spacial score (nSPS) is 20.2. The molecule has 2 atom stereocenters. The second-order valence-corrected chi connectivity index (χ2v) is 6.90. The van der Waals surface area contributed by atoms with Crippen molar-refractivity contribution in [2.24, 2.45) is 5.92 Å². The van der Waals surface area contributed by atoms with Crippen LogP contribution in [0.5, 0.6) is 0 Å². The molecular weight excluding hydrogens is 244 g/mol. The average molecular weight is 274 g/mol. The Balaban J connectivity index is 2.07. The van der Waals surface area contributed by atoms with Crippen molar-refractivity contribution in [3.8, 4) is 0 Å². The molecular formula is C18H30N2. The SMILES string of the molecule is CC(C)CC(CN(C)C)NC1CCCc2ccccc21. The van der Waals surface area contributed by atoms with Crippen molar-refractivity contribution >= 4 is 0 Å². The molecule has 1 aromatic rings. The van der Waals surface area contributed by atoms with Crippen LogP contribution in [0.25, 0.3) is 0 Å². The number of nitrogens with one attached hydrogen (secondary N) is 1. The molecule has 0 saturated heterocycles. The molecule has 1 aliphatic rings. The van der Waals surface area contributed by atoms with Crippen LogP contribution >= 0.6 is 0 Å². The van der Waals surface area contributed by atoms with E-state index in [-0.39, 0.29) is 0 Å². The molecule has 0 heterocycles. The van der Waals surface area contributed by atoms with E-state index >= 15 is 0 Å². The summed E-state index contributed by atoms with van der Waals surface area (Å²) >= 11 is 0. The van der Waals surface area contributed by atoms with Crippen molar-refractivity contribution in [3.63, 3.8) is 0 Å². The molecule has 1 aliphatic carbocycles. The van der Waals surface area contributed by atoms with Crippen LogP contribution in [0.3, 0.4) is 0 Å². The molecule has 0 spiro atoms. The van der Waals surface area contributed by atoms with Crippen molar-refractivity contribution in [1.29, 1.82) is 0 Å². The van der Waals surface area contributed by atoms with E-state index in [1.807, 2.05) is 0 Å². The summed E-state index contributed by atoms with van der Waals surface area (Å²) in [5, 5.41) is 3.93. The quantitative estimate of drug-likeness (QED) is 0.852. The number of nitrogens with zero attached hydrogens (tertiary/aromatic N) is 1. The first-order chi connectivity index (χ1) is 9.56. The fraction of sp³-hybridized carbons (Fsp3) is 0.667. The molecule has 2 unspecified atom stereocenters. The molecule has 1 aromatic carbocycles. The Morgan fingerprint density at radius 2 is 2.00 bits per heavy atom. The summed E-state index contributed by atoms with van der Waals surface area (Å²) in [5.74, 6) is 0.742. The second kappa shape index (κ2) is 7.24. The van der Waals surface area contributed by atoms with Gasteiger partial charge in [0.2, 0.25) is 0 Å². The summed E-state index contributed by atoms with van der Waals surface area (Å²) < 4.78 is 0. The Bertz CT molecular complexity index is 402. The first-order valence-corrected chi connectivity index (χ1v) is 8.05. The monoisotopic (exact) mass is 274 g/mol. The highest BCUT2D eigenvalue weighted by Crippen LogP contribution is 2.30. The van der Waals surface area contributed by atoms with Gasteiger partial charge in [-0.25, -0.2) is 0 Å². The van der Waals surface area contributed by atoms with Gasteiger partial charge in [-0.05, 0) is 56.8 Å². The number of likely N-dealkylation sites (N-methyl/N-ethyl adjacent to an activating group) is 1. The molecule has 0 amide bonds. The van der Waals surface area contributed by atoms with Crippen molar-refractivity contribution in [2.75, 3.05) is 20.6 Å². The minimum absolute atomic E-state index is 0.545. The number of benzene rings is 1. The average Bonchev–Trinajstić information content (AvgIpc) is 2.37. The van der Waals surface area contributed by atoms with E-state index < -0.39 is 0 Å². The van der Waals surface area contributed by atoms with Gasteiger partial charge in [0.05, 0.1) is 0 Å². The van der Waals surface area contributed by atoms with Crippen LogP contribution in [0.15, 0.2) is 24.3 Å². The summed E-state index contributed by atoms with van der Waals surface area (Å²) in [4.78, 5) is 2.30. The Hall–Kier alpha value is -0.860. The first kappa shape index (κ1) is 15.5. The van der Waals surface area contributed by atoms with E-state index in [0.717, 1.165) is 12.5 Å². The van der Waals surface area contributed by atoms with E-state index in [0.29, 0.717) is 12.1 Å². The molecule has 0 bridgehead atoms.